The number of nitrogen functional groups attached to an aromatic ring is 1. The van der Waals surface area contributed by atoms with Crippen LogP contribution >= 0.6 is 0 Å². The second kappa shape index (κ2) is 8.41. The molecule has 2 aromatic carbocycles. The Morgan fingerprint density at radius 1 is 1.07 bits per heavy atom. The molecule has 1 aromatic heterocycles. The number of nitrogens with one attached hydrogen (secondary N) is 1. The fourth-order valence-corrected chi connectivity index (χ4v) is 2.80. The number of aryl methyl sites for hydroxylation is 1. The molecule has 0 aliphatic heterocycles. The van der Waals surface area contributed by atoms with Crippen LogP contribution in [0.3, 0.4) is 0 Å². The first kappa shape index (κ1) is 19.2. The highest BCUT2D eigenvalue weighted by Gasteiger charge is 2.20. The SMILES string of the molecule is Cc1cccc(N(Cc2ccc(C(=O)NN)cc2F)C(=O)c2ccncc2)c1. The lowest BCUT2D eigenvalue weighted by atomic mass is 10.1. The Hall–Kier alpha value is -3.58. The first-order valence-electron chi connectivity index (χ1n) is 8.57. The maximum atomic E-state index is 14.6. The summed E-state index contributed by atoms with van der Waals surface area (Å²) in [6, 6.07) is 14.7. The van der Waals surface area contributed by atoms with Crippen LogP contribution in [0.2, 0.25) is 0 Å². The number of amides is 2. The Morgan fingerprint density at radius 3 is 2.46 bits per heavy atom. The van der Waals surface area contributed by atoms with Crippen LogP contribution in [0.5, 0.6) is 0 Å². The van der Waals surface area contributed by atoms with Gasteiger partial charge in [0.05, 0.1) is 6.54 Å². The van der Waals surface area contributed by atoms with Gasteiger partial charge in [-0.25, -0.2) is 10.2 Å². The molecule has 6 nitrogen and oxygen atoms in total. The summed E-state index contributed by atoms with van der Waals surface area (Å²) >= 11 is 0. The van der Waals surface area contributed by atoms with Gasteiger partial charge in [-0.1, -0.05) is 18.2 Å². The van der Waals surface area contributed by atoms with Crippen molar-refractivity contribution in [3.8, 4) is 0 Å². The van der Waals surface area contributed by atoms with Crippen LogP contribution in [-0.4, -0.2) is 16.8 Å². The van der Waals surface area contributed by atoms with Crippen LogP contribution < -0.4 is 16.2 Å². The molecule has 1 heterocycles. The standard InChI is InChI=1S/C21H19FN4O2/c1-14-3-2-4-18(11-14)26(21(28)15-7-9-24-10-8-15)13-17-6-5-16(12-19(17)22)20(27)25-23/h2-12H,13,23H2,1H3,(H,25,27). The zero-order valence-electron chi connectivity index (χ0n) is 15.2. The number of hydrazine groups is 1. The molecule has 0 atom stereocenters. The third-order valence-corrected chi connectivity index (χ3v) is 4.26. The number of anilines is 1. The lowest BCUT2D eigenvalue weighted by molar-refractivity contribution is 0.0951. The molecular weight excluding hydrogens is 359 g/mol. The van der Waals surface area contributed by atoms with Gasteiger partial charge < -0.3 is 4.90 Å². The van der Waals surface area contributed by atoms with E-state index in [-0.39, 0.29) is 23.6 Å². The Morgan fingerprint density at radius 2 is 1.82 bits per heavy atom. The number of nitrogens with zero attached hydrogens (tertiary/aromatic N) is 2. The minimum Gasteiger partial charge on any atom is -0.304 e. The van der Waals surface area contributed by atoms with E-state index < -0.39 is 11.7 Å². The number of nitrogens with two attached hydrogens (primary N) is 1. The molecule has 0 unspecified atom stereocenters. The van der Waals surface area contributed by atoms with Gasteiger partial charge in [-0.15, -0.1) is 0 Å². The third-order valence-electron chi connectivity index (χ3n) is 4.26. The summed E-state index contributed by atoms with van der Waals surface area (Å²) in [5, 5.41) is 0. The molecule has 0 saturated heterocycles. The van der Waals surface area contributed by atoms with Crippen LogP contribution in [-0.2, 0) is 6.54 Å². The van der Waals surface area contributed by atoms with Crippen molar-refractivity contribution in [2.24, 2.45) is 5.84 Å². The molecule has 3 aromatic rings. The van der Waals surface area contributed by atoms with Crippen molar-refractivity contribution in [3.63, 3.8) is 0 Å². The zero-order chi connectivity index (χ0) is 20.1. The first-order chi connectivity index (χ1) is 13.5. The Labute approximate surface area is 161 Å². The van der Waals surface area contributed by atoms with E-state index in [1.54, 1.807) is 18.2 Å². The van der Waals surface area contributed by atoms with Gasteiger partial charge in [0.15, 0.2) is 0 Å². The third kappa shape index (κ3) is 4.21. The Balaban J connectivity index is 1.98. The van der Waals surface area contributed by atoms with Crippen LogP contribution in [0, 0.1) is 12.7 Å². The highest BCUT2D eigenvalue weighted by molar-refractivity contribution is 6.06. The second-order valence-corrected chi connectivity index (χ2v) is 6.25. The molecule has 0 saturated carbocycles. The summed E-state index contributed by atoms with van der Waals surface area (Å²) in [4.78, 5) is 30.1. The zero-order valence-corrected chi connectivity index (χ0v) is 15.2. The monoisotopic (exact) mass is 378 g/mol. The quantitative estimate of drug-likeness (QED) is 0.406. The van der Waals surface area contributed by atoms with E-state index in [9.17, 15) is 14.0 Å². The number of halogens is 1. The topological polar surface area (TPSA) is 88.3 Å². The molecule has 7 heteroatoms. The van der Waals surface area contributed by atoms with E-state index >= 15 is 0 Å². The molecule has 0 aliphatic rings. The van der Waals surface area contributed by atoms with E-state index in [1.165, 1.54) is 29.4 Å². The van der Waals surface area contributed by atoms with Crippen molar-refractivity contribution in [2.45, 2.75) is 13.5 Å². The number of benzene rings is 2. The van der Waals surface area contributed by atoms with E-state index in [4.69, 9.17) is 5.84 Å². The van der Waals surface area contributed by atoms with E-state index in [2.05, 4.69) is 4.98 Å². The van der Waals surface area contributed by atoms with Crippen molar-refractivity contribution in [1.29, 1.82) is 0 Å². The number of pyridine rings is 1. The smallest absolute Gasteiger partial charge is 0.265 e. The molecule has 0 fully saturated rings. The van der Waals surface area contributed by atoms with Crippen LogP contribution in [0.15, 0.2) is 67.0 Å². The predicted molar refractivity (Wildman–Crippen MR) is 104 cm³/mol. The summed E-state index contributed by atoms with van der Waals surface area (Å²) in [7, 11) is 0. The van der Waals surface area contributed by atoms with Crippen molar-refractivity contribution < 1.29 is 14.0 Å². The molecule has 28 heavy (non-hydrogen) atoms. The number of hydrogen-bond donors (Lipinski definition) is 2. The molecule has 0 radical (unpaired) electrons. The average Bonchev–Trinajstić information content (AvgIpc) is 2.72. The first-order valence-corrected chi connectivity index (χ1v) is 8.57. The molecule has 142 valence electrons. The molecule has 0 aliphatic carbocycles. The number of carbonyl (C=O) groups is 2. The van der Waals surface area contributed by atoms with Gasteiger partial charge in [0.2, 0.25) is 0 Å². The summed E-state index contributed by atoms with van der Waals surface area (Å²) in [6.45, 7) is 1.92. The Bertz CT molecular complexity index is 1010. The fourth-order valence-electron chi connectivity index (χ4n) is 2.80. The number of carbonyl (C=O) groups excluding carboxylic acids is 2. The van der Waals surface area contributed by atoms with Gasteiger partial charge in [0.25, 0.3) is 11.8 Å². The maximum absolute atomic E-state index is 14.6. The van der Waals surface area contributed by atoms with Gasteiger partial charge in [0.1, 0.15) is 5.82 Å². The van der Waals surface area contributed by atoms with Crippen LogP contribution in [0.1, 0.15) is 31.8 Å². The number of aromatic nitrogens is 1. The molecular formula is C21H19FN4O2. The molecule has 0 spiro atoms. The van der Waals surface area contributed by atoms with E-state index in [1.807, 2.05) is 30.5 Å². The van der Waals surface area contributed by atoms with E-state index in [0.717, 1.165) is 11.6 Å². The van der Waals surface area contributed by atoms with Crippen molar-refractivity contribution in [1.82, 2.24) is 10.4 Å². The fraction of sp³-hybridized carbons (Fsp3) is 0.0952. The largest absolute Gasteiger partial charge is 0.304 e. The molecule has 2 amide bonds. The summed E-state index contributed by atoms with van der Waals surface area (Å²) in [5.41, 5.74) is 4.40. The van der Waals surface area contributed by atoms with Crippen LogP contribution in [0.25, 0.3) is 0 Å². The van der Waals surface area contributed by atoms with Crippen molar-refractivity contribution in [3.05, 3.63) is 95.1 Å². The summed E-state index contributed by atoms with van der Waals surface area (Å²) < 4.78 is 14.6. The van der Waals surface area contributed by atoms with Gasteiger partial charge in [-0.2, -0.15) is 0 Å². The minimum absolute atomic E-state index is 0.000959. The lowest BCUT2D eigenvalue weighted by Gasteiger charge is -2.24. The highest BCUT2D eigenvalue weighted by atomic mass is 19.1. The summed E-state index contributed by atoms with van der Waals surface area (Å²) in [6.07, 6.45) is 3.06. The van der Waals surface area contributed by atoms with Gasteiger partial charge in [-0.3, -0.25) is 20.0 Å². The second-order valence-electron chi connectivity index (χ2n) is 6.25. The molecule has 3 N–H and O–H groups in total. The summed E-state index contributed by atoms with van der Waals surface area (Å²) in [5.74, 6) is 3.62. The molecule has 0 bridgehead atoms. The maximum Gasteiger partial charge on any atom is 0.265 e. The van der Waals surface area contributed by atoms with Gasteiger partial charge >= 0.3 is 0 Å². The van der Waals surface area contributed by atoms with Crippen molar-refractivity contribution >= 4 is 17.5 Å². The van der Waals surface area contributed by atoms with Crippen LogP contribution in [0.4, 0.5) is 10.1 Å². The normalized spacial score (nSPS) is 10.4. The van der Waals surface area contributed by atoms with Gasteiger partial charge in [0, 0.05) is 34.8 Å². The molecule has 3 rings (SSSR count). The van der Waals surface area contributed by atoms with Crippen molar-refractivity contribution in [2.75, 3.05) is 4.90 Å². The number of hydrogen-bond acceptors (Lipinski definition) is 4. The average molecular weight is 378 g/mol. The lowest BCUT2D eigenvalue weighted by Crippen LogP contribution is -2.31. The predicted octanol–water partition coefficient (Wildman–Crippen LogP) is 2.98. The van der Waals surface area contributed by atoms with E-state index in [0.29, 0.717) is 11.3 Å². The Kier molecular flexibility index (Phi) is 5.76. The minimum atomic E-state index is -0.596. The van der Waals surface area contributed by atoms with Gasteiger partial charge in [-0.05, 0) is 48.9 Å². The highest BCUT2D eigenvalue weighted by Crippen LogP contribution is 2.23. The number of rotatable bonds is 5.